The van der Waals surface area contributed by atoms with Crippen molar-refractivity contribution in [1.29, 1.82) is 0 Å². The number of amides is 1. The topological polar surface area (TPSA) is 58.6 Å². The molecule has 0 unspecified atom stereocenters. The first kappa shape index (κ1) is 14.9. The van der Waals surface area contributed by atoms with Crippen LogP contribution in [0.3, 0.4) is 0 Å². The van der Waals surface area contributed by atoms with E-state index in [4.69, 9.17) is 9.94 Å². The Morgan fingerprint density at radius 2 is 2.06 bits per heavy atom. The molecule has 5 heteroatoms. The molecule has 18 heavy (non-hydrogen) atoms. The first-order chi connectivity index (χ1) is 8.76. The molecule has 0 bridgehead atoms. The number of hydrogen-bond acceptors (Lipinski definition) is 4. The van der Waals surface area contributed by atoms with Crippen molar-refractivity contribution < 1.29 is 14.7 Å². The minimum atomic E-state index is -0.310. The molecule has 0 aliphatic carbocycles. The maximum atomic E-state index is 10.7. The van der Waals surface area contributed by atoms with Gasteiger partial charge in [0.1, 0.15) is 5.75 Å². The molecule has 0 aromatic heterocycles. The van der Waals surface area contributed by atoms with E-state index < -0.39 is 0 Å². The van der Waals surface area contributed by atoms with Gasteiger partial charge >= 0.3 is 0 Å². The number of benzene rings is 1. The molecule has 4 nitrogen and oxygen atoms in total. The van der Waals surface area contributed by atoms with Gasteiger partial charge in [-0.1, -0.05) is 12.1 Å². The number of methoxy groups -OCH3 is 1. The molecule has 1 aromatic carbocycles. The summed E-state index contributed by atoms with van der Waals surface area (Å²) < 4.78 is 5.09. The number of unbranched alkanes of at least 4 members (excludes halogenated alkanes) is 1. The molecule has 0 saturated carbocycles. The van der Waals surface area contributed by atoms with Crippen LogP contribution in [0, 0.1) is 0 Å². The number of carbonyl (C=O) groups excluding carboxylic acids is 1. The fourth-order valence-electron chi connectivity index (χ4n) is 1.46. The van der Waals surface area contributed by atoms with E-state index in [1.165, 1.54) is 5.56 Å². The molecule has 1 aromatic rings. The lowest BCUT2D eigenvalue weighted by atomic mass is 10.2. The van der Waals surface area contributed by atoms with Crippen LogP contribution in [0.5, 0.6) is 5.75 Å². The van der Waals surface area contributed by atoms with E-state index in [-0.39, 0.29) is 5.91 Å². The van der Waals surface area contributed by atoms with Crippen LogP contribution in [-0.2, 0) is 10.5 Å². The molecule has 0 radical (unpaired) electrons. The van der Waals surface area contributed by atoms with Crippen LogP contribution < -0.4 is 10.2 Å². The van der Waals surface area contributed by atoms with Gasteiger partial charge in [-0.05, 0) is 36.3 Å². The number of rotatable bonds is 8. The molecular weight excluding hydrogens is 250 g/mol. The van der Waals surface area contributed by atoms with Crippen LogP contribution in [0.25, 0.3) is 0 Å². The van der Waals surface area contributed by atoms with Gasteiger partial charge in [-0.15, -0.1) is 0 Å². The van der Waals surface area contributed by atoms with E-state index in [1.807, 2.05) is 23.9 Å². The van der Waals surface area contributed by atoms with Gasteiger partial charge in [-0.25, -0.2) is 5.48 Å². The molecule has 1 amide bonds. The summed E-state index contributed by atoms with van der Waals surface area (Å²) in [5.74, 6) is 2.55. The van der Waals surface area contributed by atoms with Gasteiger partial charge in [-0.3, -0.25) is 10.0 Å². The van der Waals surface area contributed by atoms with Crippen molar-refractivity contribution in [1.82, 2.24) is 5.48 Å². The van der Waals surface area contributed by atoms with E-state index in [0.717, 1.165) is 30.1 Å². The van der Waals surface area contributed by atoms with Gasteiger partial charge in [-0.2, -0.15) is 11.8 Å². The molecule has 0 heterocycles. The first-order valence-electron chi connectivity index (χ1n) is 5.90. The Morgan fingerprint density at radius 3 is 2.67 bits per heavy atom. The zero-order valence-electron chi connectivity index (χ0n) is 10.5. The Labute approximate surface area is 112 Å². The first-order valence-corrected chi connectivity index (χ1v) is 7.05. The third-order valence-corrected chi connectivity index (χ3v) is 3.61. The Balaban J connectivity index is 2.08. The van der Waals surface area contributed by atoms with Crippen molar-refractivity contribution in [3.05, 3.63) is 29.8 Å². The lowest BCUT2D eigenvalue weighted by molar-refractivity contribution is -0.129. The zero-order valence-corrected chi connectivity index (χ0v) is 11.3. The number of hydroxylamine groups is 1. The average molecular weight is 269 g/mol. The van der Waals surface area contributed by atoms with Crippen LogP contribution in [0.2, 0.25) is 0 Å². The van der Waals surface area contributed by atoms with Gasteiger partial charge in [0.25, 0.3) is 0 Å². The van der Waals surface area contributed by atoms with Crippen molar-refractivity contribution in [2.45, 2.75) is 25.0 Å². The molecule has 0 aliphatic rings. The van der Waals surface area contributed by atoms with Gasteiger partial charge in [0.05, 0.1) is 7.11 Å². The third-order valence-electron chi connectivity index (χ3n) is 2.49. The Hall–Kier alpha value is -1.20. The lowest BCUT2D eigenvalue weighted by Crippen LogP contribution is -2.17. The lowest BCUT2D eigenvalue weighted by Gasteiger charge is -2.04. The van der Waals surface area contributed by atoms with Crippen LogP contribution >= 0.6 is 11.8 Å². The fourth-order valence-corrected chi connectivity index (χ4v) is 2.44. The summed E-state index contributed by atoms with van der Waals surface area (Å²) in [6.45, 7) is 0. The predicted molar refractivity (Wildman–Crippen MR) is 72.9 cm³/mol. The highest BCUT2D eigenvalue weighted by molar-refractivity contribution is 7.98. The SMILES string of the molecule is COc1ccc(CSCCCCC(=O)NO)cc1. The van der Waals surface area contributed by atoms with Gasteiger partial charge in [0.2, 0.25) is 5.91 Å². The maximum Gasteiger partial charge on any atom is 0.243 e. The van der Waals surface area contributed by atoms with Crippen LogP contribution in [-0.4, -0.2) is 24.0 Å². The molecular formula is C13H19NO3S. The quantitative estimate of drug-likeness (QED) is 0.433. The van der Waals surface area contributed by atoms with Crippen molar-refractivity contribution in [2.24, 2.45) is 0 Å². The Kier molecular flexibility index (Phi) is 7.29. The number of nitrogens with one attached hydrogen (secondary N) is 1. The Bertz CT molecular complexity index is 354. The van der Waals surface area contributed by atoms with Gasteiger partial charge < -0.3 is 4.74 Å². The highest BCUT2D eigenvalue weighted by Crippen LogP contribution is 2.17. The van der Waals surface area contributed by atoms with E-state index in [9.17, 15) is 4.79 Å². The molecule has 0 fully saturated rings. The van der Waals surface area contributed by atoms with Crippen LogP contribution in [0.4, 0.5) is 0 Å². The van der Waals surface area contributed by atoms with E-state index >= 15 is 0 Å². The van der Waals surface area contributed by atoms with Gasteiger partial charge in [0, 0.05) is 12.2 Å². The molecule has 0 saturated heterocycles. The van der Waals surface area contributed by atoms with E-state index in [2.05, 4.69) is 12.1 Å². The van der Waals surface area contributed by atoms with Crippen molar-refractivity contribution in [3.8, 4) is 5.75 Å². The summed E-state index contributed by atoms with van der Waals surface area (Å²) in [5.41, 5.74) is 2.91. The maximum absolute atomic E-state index is 10.7. The normalized spacial score (nSPS) is 10.1. The summed E-state index contributed by atoms with van der Waals surface area (Å²) in [5, 5.41) is 8.31. The molecule has 2 N–H and O–H groups in total. The highest BCUT2D eigenvalue weighted by Gasteiger charge is 1.99. The summed E-state index contributed by atoms with van der Waals surface area (Å²) >= 11 is 1.84. The van der Waals surface area contributed by atoms with Gasteiger partial charge in [0.15, 0.2) is 0 Å². The van der Waals surface area contributed by atoms with Crippen molar-refractivity contribution in [3.63, 3.8) is 0 Å². The number of hydrogen-bond donors (Lipinski definition) is 2. The molecule has 0 aliphatic heterocycles. The fraction of sp³-hybridized carbons (Fsp3) is 0.462. The zero-order chi connectivity index (χ0) is 13.2. The molecule has 0 spiro atoms. The van der Waals surface area contributed by atoms with E-state index in [0.29, 0.717) is 6.42 Å². The largest absolute Gasteiger partial charge is 0.497 e. The van der Waals surface area contributed by atoms with Crippen molar-refractivity contribution in [2.75, 3.05) is 12.9 Å². The molecule has 100 valence electrons. The molecule has 1 rings (SSSR count). The minimum Gasteiger partial charge on any atom is -0.497 e. The van der Waals surface area contributed by atoms with Crippen LogP contribution in [0.1, 0.15) is 24.8 Å². The number of ether oxygens (including phenoxy) is 1. The number of carbonyl (C=O) groups is 1. The standard InChI is InChI=1S/C13H19NO3S/c1-17-12-7-5-11(6-8-12)10-18-9-3-2-4-13(15)14-16/h5-8,16H,2-4,9-10H2,1H3,(H,14,15). The smallest absolute Gasteiger partial charge is 0.243 e. The molecule has 0 atom stereocenters. The third kappa shape index (κ3) is 5.93. The average Bonchev–Trinajstić information content (AvgIpc) is 2.43. The monoisotopic (exact) mass is 269 g/mol. The number of thioether (sulfide) groups is 1. The second kappa shape index (κ2) is 8.83. The van der Waals surface area contributed by atoms with E-state index in [1.54, 1.807) is 12.6 Å². The van der Waals surface area contributed by atoms with Crippen molar-refractivity contribution >= 4 is 17.7 Å². The summed E-state index contributed by atoms with van der Waals surface area (Å²) in [6.07, 6.45) is 2.18. The second-order valence-electron chi connectivity index (χ2n) is 3.89. The highest BCUT2D eigenvalue weighted by atomic mass is 32.2. The minimum absolute atomic E-state index is 0.310. The predicted octanol–water partition coefficient (Wildman–Crippen LogP) is 2.60. The second-order valence-corrected chi connectivity index (χ2v) is 5.00. The van der Waals surface area contributed by atoms with Crippen LogP contribution in [0.15, 0.2) is 24.3 Å². The summed E-state index contributed by atoms with van der Waals surface area (Å²) in [4.78, 5) is 10.7. The summed E-state index contributed by atoms with van der Waals surface area (Å²) in [7, 11) is 1.66. The summed E-state index contributed by atoms with van der Waals surface area (Å²) in [6, 6.07) is 8.04. The Morgan fingerprint density at radius 1 is 1.33 bits per heavy atom.